The van der Waals surface area contributed by atoms with Gasteiger partial charge >= 0.3 is 6.18 Å². The predicted octanol–water partition coefficient (Wildman–Crippen LogP) is 6.04. The second kappa shape index (κ2) is 9.68. The lowest BCUT2D eigenvalue weighted by Crippen LogP contribution is -2.10. The summed E-state index contributed by atoms with van der Waals surface area (Å²) in [5, 5.41) is 12.3. The van der Waals surface area contributed by atoms with Crippen LogP contribution < -0.4 is 4.74 Å². The number of hydrogen-bond acceptors (Lipinski definition) is 6. The average molecular weight is 538 g/mol. The number of benzene rings is 2. The molecular formula is C27H19F5N6O. The van der Waals surface area contributed by atoms with Crippen molar-refractivity contribution in [3.05, 3.63) is 83.8 Å². The van der Waals surface area contributed by atoms with E-state index in [1.165, 1.54) is 41.2 Å². The van der Waals surface area contributed by atoms with Gasteiger partial charge in [-0.2, -0.15) is 28.5 Å². The Morgan fingerprint density at radius 2 is 1.72 bits per heavy atom. The molecule has 7 nitrogen and oxygen atoms in total. The molecule has 3 aromatic rings. The lowest BCUT2D eigenvalue weighted by atomic mass is 10.0. The van der Waals surface area contributed by atoms with Gasteiger partial charge in [0.15, 0.2) is 17.5 Å². The van der Waals surface area contributed by atoms with Crippen molar-refractivity contribution < 1.29 is 26.7 Å². The number of ether oxygens (including phenoxy) is 1. The van der Waals surface area contributed by atoms with E-state index in [4.69, 9.17) is 4.74 Å². The Morgan fingerprint density at radius 3 is 2.46 bits per heavy atom. The van der Waals surface area contributed by atoms with Gasteiger partial charge in [0.25, 0.3) is 0 Å². The standard InChI is InChI=1S/C27H19F5N6O/c28-21-3-1-2-19(25(21)29)26-34-23-11-33-38(13-24(23)35-26)12-16-6-9-22(37-36-16)18-8-7-17(39-14-15-4-5-15)10-20(18)27(30,31)32/h1-3,6-11,13,15H,4-5,12,14H2. The number of nitrogens with zero attached hydrogens (tertiary/aromatic N) is 6. The normalized spacial score (nSPS) is 13.7. The highest BCUT2D eigenvalue weighted by Gasteiger charge is 2.35. The lowest BCUT2D eigenvalue weighted by molar-refractivity contribution is -0.137. The van der Waals surface area contributed by atoms with Crippen LogP contribution in [0, 0.1) is 17.6 Å². The van der Waals surface area contributed by atoms with Crippen molar-refractivity contribution in [3.63, 3.8) is 0 Å². The summed E-state index contributed by atoms with van der Waals surface area (Å²) in [5.74, 6) is -1.44. The predicted molar refractivity (Wildman–Crippen MR) is 130 cm³/mol. The highest BCUT2D eigenvalue weighted by Crippen LogP contribution is 2.39. The number of rotatable bonds is 7. The molecule has 6 rings (SSSR count). The van der Waals surface area contributed by atoms with Gasteiger partial charge in [0, 0.05) is 5.56 Å². The first-order valence-corrected chi connectivity index (χ1v) is 12.1. The van der Waals surface area contributed by atoms with Gasteiger partial charge < -0.3 is 4.74 Å². The summed E-state index contributed by atoms with van der Waals surface area (Å²) in [4.78, 5) is 8.49. The molecule has 1 saturated carbocycles. The fourth-order valence-corrected chi connectivity index (χ4v) is 4.07. The fourth-order valence-electron chi connectivity index (χ4n) is 4.07. The number of imidazole rings is 1. The van der Waals surface area contributed by atoms with Crippen molar-refractivity contribution >= 4 is 0 Å². The Balaban J connectivity index is 1.22. The van der Waals surface area contributed by atoms with Gasteiger partial charge in [0.1, 0.15) is 17.1 Å². The van der Waals surface area contributed by atoms with Crippen LogP contribution in [0.5, 0.6) is 5.75 Å². The van der Waals surface area contributed by atoms with E-state index in [1.54, 1.807) is 12.3 Å². The first kappa shape index (κ1) is 24.8. The molecule has 0 N–H and O–H groups in total. The third-order valence-electron chi connectivity index (χ3n) is 6.31. The molecule has 0 saturated heterocycles. The zero-order valence-corrected chi connectivity index (χ0v) is 20.2. The number of fused-ring (bicyclic) bond motifs is 1. The molecule has 0 atom stereocenters. The average Bonchev–Trinajstić information content (AvgIpc) is 3.66. The highest BCUT2D eigenvalue weighted by atomic mass is 19.4. The Labute approximate surface area is 218 Å². The summed E-state index contributed by atoms with van der Waals surface area (Å²) in [6.07, 6.45) is 0.444. The lowest BCUT2D eigenvalue weighted by Gasteiger charge is -2.15. The van der Waals surface area contributed by atoms with Crippen LogP contribution in [0.15, 0.2) is 60.9 Å². The van der Waals surface area contributed by atoms with E-state index in [1.807, 2.05) is 0 Å². The van der Waals surface area contributed by atoms with Crippen molar-refractivity contribution in [2.24, 2.45) is 5.92 Å². The van der Waals surface area contributed by atoms with Crippen LogP contribution in [0.2, 0.25) is 0 Å². The molecule has 1 aliphatic carbocycles. The largest absolute Gasteiger partial charge is 0.493 e. The first-order valence-electron chi connectivity index (χ1n) is 12.1. The highest BCUT2D eigenvalue weighted by molar-refractivity contribution is 5.66. The van der Waals surface area contributed by atoms with E-state index in [2.05, 4.69) is 25.3 Å². The summed E-state index contributed by atoms with van der Waals surface area (Å²) >= 11 is 0. The molecule has 3 heterocycles. The van der Waals surface area contributed by atoms with E-state index in [0.29, 0.717) is 29.6 Å². The van der Waals surface area contributed by atoms with Crippen LogP contribution in [0.25, 0.3) is 34.0 Å². The van der Waals surface area contributed by atoms with Crippen LogP contribution >= 0.6 is 0 Å². The summed E-state index contributed by atoms with van der Waals surface area (Å²) < 4.78 is 76.2. The topological polar surface area (TPSA) is 78.6 Å². The molecule has 198 valence electrons. The molecule has 1 aromatic heterocycles. The number of alkyl halides is 3. The monoisotopic (exact) mass is 538 g/mol. The van der Waals surface area contributed by atoms with Gasteiger partial charge in [-0.1, -0.05) is 6.07 Å². The van der Waals surface area contributed by atoms with Gasteiger partial charge in [-0.25, -0.2) is 18.7 Å². The zero-order valence-electron chi connectivity index (χ0n) is 20.2. The van der Waals surface area contributed by atoms with Gasteiger partial charge in [0.2, 0.25) is 0 Å². The van der Waals surface area contributed by atoms with Gasteiger partial charge in [-0.15, -0.1) is 0 Å². The summed E-state index contributed by atoms with van der Waals surface area (Å²) in [6.45, 7) is 0.543. The van der Waals surface area contributed by atoms with Crippen LogP contribution in [-0.2, 0) is 12.7 Å². The van der Waals surface area contributed by atoms with Crippen molar-refractivity contribution in [3.8, 4) is 39.8 Å². The zero-order chi connectivity index (χ0) is 27.1. The van der Waals surface area contributed by atoms with Crippen molar-refractivity contribution in [2.75, 3.05) is 6.61 Å². The third-order valence-corrected chi connectivity index (χ3v) is 6.31. The minimum atomic E-state index is -4.60. The SMILES string of the molecule is Fc1cccc(-c2nc3cnn(Cc4ccc(-c5ccc(OCC6CC6)cc5C(F)(F)F)nn4)cc-3n2)c1F. The third kappa shape index (κ3) is 5.27. The summed E-state index contributed by atoms with van der Waals surface area (Å²) in [6, 6.07) is 10.6. The number of halogens is 5. The van der Waals surface area contributed by atoms with Crippen molar-refractivity contribution in [1.29, 1.82) is 0 Å². The summed E-state index contributed by atoms with van der Waals surface area (Å²) in [5.41, 5.74) is 0.264. The quantitative estimate of drug-likeness (QED) is 0.235. The Bertz CT molecular complexity index is 1610. The van der Waals surface area contributed by atoms with Crippen LogP contribution in [-0.4, -0.2) is 36.6 Å². The molecule has 2 aliphatic heterocycles. The molecule has 3 aliphatic rings. The molecule has 0 amide bonds. The van der Waals surface area contributed by atoms with E-state index >= 15 is 0 Å². The first-order chi connectivity index (χ1) is 18.7. The van der Waals surface area contributed by atoms with Gasteiger partial charge in [0.05, 0.1) is 48.1 Å². The second-order valence-electron chi connectivity index (χ2n) is 9.26. The Morgan fingerprint density at radius 1 is 0.897 bits per heavy atom. The molecule has 2 aromatic carbocycles. The molecule has 39 heavy (non-hydrogen) atoms. The molecule has 0 radical (unpaired) electrons. The molecule has 1 fully saturated rings. The second-order valence-corrected chi connectivity index (χ2v) is 9.26. The van der Waals surface area contributed by atoms with Gasteiger partial charge in [-0.3, -0.25) is 4.68 Å². The van der Waals surface area contributed by atoms with E-state index in [9.17, 15) is 22.0 Å². The fraction of sp³-hybridized carbons (Fsp3) is 0.222. The summed E-state index contributed by atoms with van der Waals surface area (Å²) in [7, 11) is 0. The Hall–Kier alpha value is -4.48. The van der Waals surface area contributed by atoms with Crippen LogP contribution in [0.3, 0.4) is 0 Å². The molecular weight excluding hydrogens is 519 g/mol. The number of hydrogen-bond donors (Lipinski definition) is 0. The maximum absolute atomic E-state index is 14.2. The molecule has 0 spiro atoms. The molecule has 0 unspecified atom stereocenters. The molecule has 0 bridgehead atoms. The number of aromatic nitrogens is 6. The van der Waals surface area contributed by atoms with Crippen LogP contribution in [0.1, 0.15) is 24.1 Å². The maximum atomic E-state index is 14.2. The minimum absolute atomic E-state index is 0.0233. The Kier molecular flexibility index (Phi) is 6.16. The van der Waals surface area contributed by atoms with E-state index in [-0.39, 0.29) is 34.9 Å². The minimum Gasteiger partial charge on any atom is -0.493 e. The molecule has 12 heteroatoms. The van der Waals surface area contributed by atoms with Crippen LogP contribution in [0.4, 0.5) is 22.0 Å². The maximum Gasteiger partial charge on any atom is 0.417 e. The van der Waals surface area contributed by atoms with Crippen molar-refractivity contribution in [2.45, 2.75) is 25.6 Å². The van der Waals surface area contributed by atoms with Gasteiger partial charge in [-0.05, 0) is 61.2 Å². The van der Waals surface area contributed by atoms with E-state index in [0.717, 1.165) is 25.0 Å². The smallest absolute Gasteiger partial charge is 0.417 e. The van der Waals surface area contributed by atoms with E-state index < -0.39 is 23.4 Å². The van der Waals surface area contributed by atoms with Crippen molar-refractivity contribution in [1.82, 2.24) is 29.9 Å².